The topological polar surface area (TPSA) is 77.2 Å². The van der Waals surface area contributed by atoms with Gasteiger partial charge in [0.05, 0.1) is 12.1 Å². The van der Waals surface area contributed by atoms with Gasteiger partial charge in [0.25, 0.3) is 5.91 Å². The fourth-order valence-electron chi connectivity index (χ4n) is 1.67. The Labute approximate surface area is 110 Å². The number of halogens is 1. The number of nitrogens with zero attached hydrogens (tertiary/aromatic N) is 1. The Morgan fingerprint density at radius 2 is 2.53 bits per heavy atom. The molecule has 0 saturated carbocycles. The van der Waals surface area contributed by atoms with Gasteiger partial charge in [-0.25, -0.2) is 4.98 Å². The summed E-state index contributed by atoms with van der Waals surface area (Å²) in [6.07, 6.45) is 0.942. The van der Waals surface area contributed by atoms with Crippen molar-refractivity contribution in [3.05, 3.63) is 16.1 Å². The average Bonchev–Trinajstić information content (AvgIpc) is 2.88. The number of rotatable bonds is 3. The van der Waals surface area contributed by atoms with E-state index in [2.05, 4.69) is 10.3 Å². The maximum absolute atomic E-state index is 11.8. The van der Waals surface area contributed by atoms with Gasteiger partial charge in [-0.2, -0.15) is 0 Å². The third-order valence-corrected chi connectivity index (χ3v) is 3.52. The second kappa shape index (κ2) is 6.30. The van der Waals surface area contributed by atoms with Gasteiger partial charge in [0.15, 0.2) is 0 Å². The molecule has 17 heavy (non-hydrogen) atoms. The highest BCUT2D eigenvalue weighted by Gasteiger charge is 2.26. The number of ether oxygens (including phenoxy) is 1. The van der Waals surface area contributed by atoms with Crippen molar-refractivity contribution in [2.75, 3.05) is 6.61 Å². The van der Waals surface area contributed by atoms with E-state index in [1.807, 2.05) is 6.92 Å². The van der Waals surface area contributed by atoms with E-state index < -0.39 is 0 Å². The zero-order valence-electron chi connectivity index (χ0n) is 9.51. The summed E-state index contributed by atoms with van der Waals surface area (Å²) in [7, 11) is 0. The van der Waals surface area contributed by atoms with Gasteiger partial charge in [0, 0.05) is 18.5 Å². The van der Waals surface area contributed by atoms with E-state index in [9.17, 15) is 4.79 Å². The molecule has 0 spiro atoms. The molecule has 2 unspecified atom stereocenters. The van der Waals surface area contributed by atoms with Crippen LogP contribution in [0.1, 0.15) is 28.8 Å². The zero-order valence-corrected chi connectivity index (χ0v) is 11.1. The first-order valence-electron chi connectivity index (χ1n) is 5.27. The number of nitrogens with one attached hydrogen (secondary N) is 1. The van der Waals surface area contributed by atoms with E-state index in [1.54, 1.807) is 5.38 Å². The van der Waals surface area contributed by atoms with Crippen molar-refractivity contribution in [2.45, 2.75) is 32.0 Å². The molecule has 1 aliphatic heterocycles. The largest absolute Gasteiger partial charge is 0.376 e. The molecular formula is C10H16ClN3O2S. The Kier molecular flexibility index (Phi) is 5.32. The maximum atomic E-state index is 11.8. The number of amides is 1. The smallest absolute Gasteiger partial charge is 0.271 e. The summed E-state index contributed by atoms with van der Waals surface area (Å²) in [6.45, 7) is 3.04. The summed E-state index contributed by atoms with van der Waals surface area (Å²) in [5.74, 6) is -0.140. The van der Waals surface area contributed by atoms with E-state index in [4.69, 9.17) is 10.5 Å². The molecule has 96 valence electrons. The molecule has 0 aliphatic carbocycles. The second-order valence-corrected chi connectivity index (χ2v) is 4.72. The predicted octanol–water partition coefficient (Wildman–Crippen LogP) is 0.931. The molecule has 1 saturated heterocycles. The van der Waals surface area contributed by atoms with Crippen molar-refractivity contribution in [1.82, 2.24) is 10.3 Å². The van der Waals surface area contributed by atoms with Crippen LogP contribution in [-0.4, -0.2) is 29.6 Å². The Balaban J connectivity index is 0.00000144. The molecule has 3 N–H and O–H groups in total. The lowest BCUT2D eigenvalue weighted by molar-refractivity contribution is 0.0862. The number of carbonyl (C=O) groups excluding carboxylic acids is 1. The molecule has 7 heteroatoms. The summed E-state index contributed by atoms with van der Waals surface area (Å²) in [4.78, 5) is 15.9. The second-order valence-electron chi connectivity index (χ2n) is 3.78. The Morgan fingerprint density at radius 3 is 3.06 bits per heavy atom. The number of thiazole rings is 1. The monoisotopic (exact) mass is 277 g/mol. The van der Waals surface area contributed by atoms with Crippen molar-refractivity contribution < 1.29 is 9.53 Å². The minimum Gasteiger partial charge on any atom is -0.376 e. The molecule has 0 bridgehead atoms. The lowest BCUT2D eigenvalue weighted by atomic mass is 10.1. The number of hydrogen-bond donors (Lipinski definition) is 2. The molecule has 5 nitrogen and oxygen atoms in total. The minimum absolute atomic E-state index is 0. The van der Waals surface area contributed by atoms with Crippen LogP contribution in [0.25, 0.3) is 0 Å². The van der Waals surface area contributed by atoms with E-state index in [-0.39, 0.29) is 30.5 Å². The Hall–Kier alpha value is -0.690. The van der Waals surface area contributed by atoms with Gasteiger partial charge in [0.1, 0.15) is 10.7 Å². The van der Waals surface area contributed by atoms with Crippen LogP contribution in [0.2, 0.25) is 0 Å². The van der Waals surface area contributed by atoms with Crippen molar-refractivity contribution in [3.8, 4) is 0 Å². The van der Waals surface area contributed by atoms with Crippen molar-refractivity contribution in [2.24, 2.45) is 5.73 Å². The maximum Gasteiger partial charge on any atom is 0.271 e. The van der Waals surface area contributed by atoms with Gasteiger partial charge in [-0.15, -0.1) is 23.7 Å². The van der Waals surface area contributed by atoms with Crippen LogP contribution in [0.3, 0.4) is 0 Å². The summed E-state index contributed by atoms with van der Waals surface area (Å²) in [5, 5.41) is 5.43. The van der Waals surface area contributed by atoms with E-state index in [0.717, 1.165) is 11.4 Å². The zero-order chi connectivity index (χ0) is 11.5. The van der Waals surface area contributed by atoms with Gasteiger partial charge < -0.3 is 15.8 Å². The van der Waals surface area contributed by atoms with Crippen LogP contribution < -0.4 is 11.1 Å². The van der Waals surface area contributed by atoms with Crippen molar-refractivity contribution in [1.29, 1.82) is 0 Å². The van der Waals surface area contributed by atoms with Gasteiger partial charge in [-0.05, 0) is 13.3 Å². The van der Waals surface area contributed by atoms with E-state index in [1.165, 1.54) is 11.3 Å². The van der Waals surface area contributed by atoms with Crippen LogP contribution in [-0.2, 0) is 11.3 Å². The van der Waals surface area contributed by atoms with Gasteiger partial charge in [-0.3, -0.25) is 4.79 Å². The minimum atomic E-state index is -0.140. The Morgan fingerprint density at radius 1 is 1.76 bits per heavy atom. The quantitative estimate of drug-likeness (QED) is 0.862. The van der Waals surface area contributed by atoms with Crippen LogP contribution in [0.15, 0.2) is 5.38 Å². The molecule has 1 amide bonds. The highest BCUT2D eigenvalue weighted by molar-refractivity contribution is 7.09. The summed E-state index contributed by atoms with van der Waals surface area (Å²) in [5.41, 5.74) is 5.89. The highest BCUT2D eigenvalue weighted by Crippen LogP contribution is 2.14. The van der Waals surface area contributed by atoms with Gasteiger partial charge >= 0.3 is 0 Å². The average molecular weight is 278 g/mol. The standard InChI is InChI=1S/C10H15N3O2S.ClH/c1-6-7(2-3-15-6)13-10(14)8-5-16-9(4-11)12-8;/h5-7H,2-4,11H2,1H3,(H,13,14);1H. The SMILES string of the molecule is CC1OCCC1NC(=O)c1csc(CN)n1.Cl. The van der Waals surface area contributed by atoms with Crippen molar-refractivity contribution in [3.63, 3.8) is 0 Å². The molecule has 1 aromatic heterocycles. The van der Waals surface area contributed by atoms with Crippen LogP contribution >= 0.6 is 23.7 Å². The van der Waals surface area contributed by atoms with E-state index in [0.29, 0.717) is 18.8 Å². The fourth-order valence-corrected chi connectivity index (χ4v) is 2.33. The van der Waals surface area contributed by atoms with Crippen LogP contribution in [0.5, 0.6) is 0 Å². The number of hydrogen-bond acceptors (Lipinski definition) is 5. The van der Waals surface area contributed by atoms with Crippen LogP contribution in [0.4, 0.5) is 0 Å². The van der Waals surface area contributed by atoms with E-state index >= 15 is 0 Å². The first-order valence-corrected chi connectivity index (χ1v) is 6.15. The number of carbonyl (C=O) groups is 1. The first-order chi connectivity index (χ1) is 7.70. The molecule has 0 aromatic carbocycles. The molecule has 2 heterocycles. The lowest BCUT2D eigenvalue weighted by Gasteiger charge is -2.14. The number of aromatic nitrogens is 1. The predicted molar refractivity (Wildman–Crippen MR) is 68.5 cm³/mol. The molecule has 1 fully saturated rings. The molecule has 2 atom stereocenters. The molecule has 2 rings (SSSR count). The van der Waals surface area contributed by atoms with Gasteiger partial charge in [-0.1, -0.05) is 0 Å². The summed E-state index contributed by atoms with van der Waals surface area (Å²) in [6, 6.07) is 0.0931. The van der Waals surface area contributed by atoms with Gasteiger partial charge in [0.2, 0.25) is 0 Å². The normalized spacial score (nSPS) is 23.2. The first kappa shape index (κ1) is 14.4. The fraction of sp³-hybridized carbons (Fsp3) is 0.600. The summed E-state index contributed by atoms with van der Waals surface area (Å²) < 4.78 is 5.38. The molecule has 1 aromatic rings. The molecule has 1 aliphatic rings. The third kappa shape index (κ3) is 3.38. The highest BCUT2D eigenvalue weighted by atomic mass is 35.5. The lowest BCUT2D eigenvalue weighted by Crippen LogP contribution is -2.39. The molecule has 0 radical (unpaired) electrons. The summed E-state index contributed by atoms with van der Waals surface area (Å²) >= 11 is 1.41. The number of nitrogens with two attached hydrogens (primary N) is 1. The third-order valence-electron chi connectivity index (χ3n) is 2.65. The Bertz CT molecular complexity index is 385. The molecular weight excluding hydrogens is 262 g/mol. The van der Waals surface area contributed by atoms with Crippen LogP contribution in [0, 0.1) is 0 Å². The van der Waals surface area contributed by atoms with Crippen molar-refractivity contribution >= 4 is 29.7 Å².